The average molecular weight is 411 g/mol. The fourth-order valence-corrected chi connectivity index (χ4v) is 5.18. The number of piperazine rings is 1. The second-order valence-corrected chi connectivity index (χ2v) is 9.97. The summed E-state index contributed by atoms with van der Waals surface area (Å²) in [6.45, 7) is 12.5. The van der Waals surface area contributed by atoms with Crippen molar-refractivity contribution in [2.75, 3.05) is 39.8 Å². The normalized spacial score (nSPS) is 31.9. The maximum atomic E-state index is 12.6. The standard InChI is InChI=1S/C24H34N4O2/c1-17-7-6-9-24(4)22(17)25-18(14-23(24,2)3)15-27-11-12-28-19(16-27)13-21(30)26(5)10-8-20(28)29/h6-7,9,14,19H,8,10-13,15-16H2,1-5H3. The lowest BCUT2D eigenvalue weighted by atomic mass is 9.59. The van der Waals surface area contributed by atoms with Crippen LogP contribution in [-0.2, 0) is 9.59 Å². The number of carbonyl (C=O) groups excluding carboxylic acids is 2. The first kappa shape index (κ1) is 21.0. The molecule has 162 valence electrons. The van der Waals surface area contributed by atoms with E-state index >= 15 is 0 Å². The van der Waals surface area contributed by atoms with Gasteiger partial charge in [-0.15, -0.1) is 0 Å². The third-order valence-electron chi connectivity index (χ3n) is 7.53. The molecule has 0 spiro atoms. The Labute approximate surface area is 180 Å². The summed E-state index contributed by atoms with van der Waals surface area (Å²) in [5.74, 6) is 0.297. The second kappa shape index (κ2) is 7.49. The van der Waals surface area contributed by atoms with Crippen molar-refractivity contribution in [3.8, 4) is 0 Å². The molecule has 0 N–H and O–H groups in total. The fraction of sp³-hybridized carbons (Fsp3) is 0.625. The molecule has 6 nitrogen and oxygen atoms in total. The maximum absolute atomic E-state index is 12.6. The maximum Gasteiger partial charge on any atom is 0.224 e. The Morgan fingerprint density at radius 1 is 1.13 bits per heavy atom. The highest BCUT2D eigenvalue weighted by Crippen LogP contribution is 2.49. The minimum absolute atomic E-state index is 0.0395. The molecule has 2 saturated heterocycles. The summed E-state index contributed by atoms with van der Waals surface area (Å²) in [4.78, 5) is 36.1. The molecule has 3 heterocycles. The minimum Gasteiger partial charge on any atom is -0.345 e. The summed E-state index contributed by atoms with van der Waals surface area (Å²) in [7, 11) is 1.79. The van der Waals surface area contributed by atoms with E-state index in [1.807, 2.05) is 4.90 Å². The highest BCUT2D eigenvalue weighted by molar-refractivity contribution is 6.08. The van der Waals surface area contributed by atoms with Gasteiger partial charge in [0, 0.05) is 58.0 Å². The van der Waals surface area contributed by atoms with E-state index < -0.39 is 0 Å². The molecule has 4 aliphatic rings. The molecule has 2 unspecified atom stereocenters. The van der Waals surface area contributed by atoms with E-state index in [0.717, 1.165) is 31.0 Å². The van der Waals surface area contributed by atoms with Gasteiger partial charge in [-0.2, -0.15) is 0 Å². The predicted molar refractivity (Wildman–Crippen MR) is 119 cm³/mol. The Morgan fingerprint density at radius 3 is 2.67 bits per heavy atom. The zero-order chi connectivity index (χ0) is 21.7. The zero-order valence-corrected chi connectivity index (χ0v) is 18.9. The molecule has 2 fully saturated rings. The van der Waals surface area contributed by atoms with E-state index in [2.05, 4.69) is 56.9 Å². The minimum atomic E-state index is -0.100. The Hall–Kier alpha value is -2.21. The number of carbonyl (C=O) groups is 2. The predicted octanol–water partition coefficient (Wildman–Crippen LogP) is 2.64. The van der Waals surface area contributed by atoms with Crippen LogP contribution in [0.4, 0.5) is 0 Å². The largest absolute Gasteiger partial charge is 0.345 e. The first-order valence-electron chi connectivity index (χ1n) is 11.0. The van der Waals surface area contributed by atoms with Gasteiger partial charge in [-0.05, 0) is 24.8 Å². The van der Waals surface area contributed by atoms with Crippen LogP contribution in [0.1, 0.15) is 40.5 Å². The van der Waals surface area contributed by atoms with Gasteiger partial charge in [0.15, 0.2) is 0 Å². The number of rotatable bonds is 2. The number of nitrogens with zero attached hydrogens (tertiary/aromatic N) is 4. The summed E-state index contributed by atoms with van der Waals surface area (Å²) in [6, 6.07) is -0.0455. The van der Waals surface area contributed by atoms with Crippen molar-refractivity contribution in [2.45, 2.75) is 46.6 Å². The number of hydrogen-bond donors (Lipinski definition) is 0. The van der Waals surface area contributed by atoms with Crippen LogP contribution < -0.4 is 0 Å². The van der Waals surface area contributed by atoms with Crippen LogP contribution in [0.15, 0.2) is 40.6 Å². The Kier molecular flexibility index (Phi) is 5.25. The van der Waals surface area contributed by atoms with Crippen LogP contribution in [0, 0.1) is 10.8 Å². The molecule has 0 bridgehead atoms. The molecule has 4 rings (SSSR count). The van der Waals surface area contributed by atoms with E-state index in [1.165, 1.54) is 5.57 Å². The van der Waals surface area contributed by atoms with Crippen LogP contribution >= 0.6 is 0 Å². The molecular formula is C24H34N4O2. The van der Waals surface area contributed by atoms with Crippen molar-refractivity contribution in [1.82, 2.24) is 14.7 Å². The lowest BCUT2D eigenvalue weighted by Crippen LogP contribution is -2.58. The summed E-state index contributed by atoms with van der Waals surface area (Å²) in [5, 5.41) is 0. The summed E-state index contributed by atoms with van der Waals surface area (Å²) < 4.78 is 0. The number of hydrogen-bond acceptors (Lipinski definition) is 4. The third kappa shape index (κ3) is 3.55. The van der Waals surface area contributed by atoms with Crippen molar-refractivity contribution in [1.29, 1.82) is 0 Å². The van der Waals surface area contributed by atoms with Crippen molar-refractivity contribution < 1.29 is 9.59 Å². The van der Waals surface area contributed by atoms with E-state index in [-0.39, 0.29) is 28.7 Å². The van der Waals surface area contributed by atoms with Gasteiger partial charge in [0.25, 0.3) is 0 Å². The molecule has 6 heteroatoms. The second-order valence-electron chi connectivity index (χ2n) is 9.97. The van der Waals surface area contributed by atoms with Crippen LogP contribution in [0.25, 0.3) is 0 Å². The third-order valence-corrected chi connectivity index (χ3v) is 7.53. The van der Waals surface area contributed by atoms with Crippen molar-refractivity contribution in [3.63, 3.8) is 0 Å². The van der Waals surface area contributed by atoms with E-state index in [9.17, 15) is 9.59 Å². The van der Waals surface area contributed by atoms with Gasteiger partial charge in [-0.1, -0.05) is 38.2 Å². The summed E-state index contributed by atoms with van der Waals surface area (Å²) in [5.41, 5.74) is 3.33. The topological polar surface area (TPSA) is 56.2 Å². The zero-order valence-electron chi connectivity index (χ0n) is 18.9. The average Bonchev–Trinajstić information content (AvgIpc) is 2.67. The Bertz CT molecular complexity index is 882. The van der Waals surface area contributed by atoms with Crippen LogP contribution in [0.2, 0.25) is 0 Å². The molecule has 0 aromatic heterocycles. The van der Waals surface area contributed by atoms with Gasteiger partial charge in [0.2, 0.25) is 11.8 Å². The Balaban J connectivity index is 1.53. The summed E-state index contributed by atoms with van der Waals surface area (Å²) in [6.07, 6.45) is 9.70. The van der Waals surface area contributed by atoms with Gasteiger partial charge in [-0.25, -0.2) is 0 Å². The molecule has 1 aliphatic carbocycles. The van der Waals surface area contributed by atoms with E-state index in [4.69, 9.17) is 4.99 Å². The number of aliphatic imine (C=N–C) groups is 1. The molecule has 2 atom stereocenters. The highest BCUT2D eigenvalue weighted by Gasteiger charge is 2.46. The molecule has 2 amide bonds. The highest BCUT2D eigenvalue weighted by atomic mass is 16.2. The Morgan fingerprint density at radius 2 is 1.90 bits per heavy atom. The van der Waals surface area contributed by atoms with Gasteiger partial charge in [-0.3, -0.25) is 19.5 Å². The van der Waals surface area contributed by atoms with Gasteiger partial charge < -0.3 is 9.80 Å². The molecule has 3 aliphatic heterocycles. The number of allylic oxidation sites excluding steroid dienone is 5. The molecule has 0 saturated carbocycles. The molecule has 0 aromatic carbocycles. The fourth-order valence-electron chi connectivity index (χ4n) is 5.18. The lowest BCUT2D eigenvalue weighted by molar-refractivity contribution is -0.143. The first-order chi connectivity index (χ1) is 14.1. The van der Waals surface area contributed by atoms with E-state index in [1.54, 1.807) is 11.9 Å². The van der Waals surface area contributed by atoms with Crippen LogP contribution in [0.3, 0.4) is 0 Å². The summed E-state index contributed by atoms with van der Waals surface area (Å²) >= 11 is 0. The van der Waals surface area contributed by atoms with Gasteiger partial charge in [0.1, 0.15) is 0 Å². The molecular weight excluding hydrogens is 376 g/mol. The van der Waals surface area contributed by atoms with Gasteiger partial charge >= 0.3 is 0 Å². The van der Waals surface area contributed by atoms with Crippen LogP contribution in [-0.4, -0.2) is 78.0 Å². The SMILES string of the molecule is CC1=CC=CC2(C)C1=NC(CN1CCN3C(=O)CCN(C)C(=O)CC3C1)=CC2(C)C. The smallest absolute Gasteiger partial charge is 0.224 e. The van der Waals surface area contributed by atoms with Gasteiger partial charge in [0.05, 0.1) is 17.5 Å². The van der Waals surface area contributed by atoms with Crippen molar-refractivity contribution >= 4 is 17.5 Å². The monoisotopic (exact) mass is 410 g/mol. The molecule has 0 radical (unpaired) electrons. The first-order valence-corrected chi connectivity index (χ1v) is 11.0. The number of fused-ring (bicyclic) bond motifs is 2. The van der Waals surface area contributed by atoms with Crippen molar-refractivity contribution in [3.05, 3.63) is 35.6 Å². The quantitative estimate of drug-likeness (QED) is 0.703. The van der Waals surface area contributed by atoms with Crippen LogP contribution in [0.5, 0.6) is 0 Å². The van der Waals surface area contributed by atoms with Crippen molar-refractivity contribution in [2.24, 2.45) is 15.8 Å². The molecule has 30 heavy (non-hydrogen) atoms. The lowest BCUT2D eigenvalue weighted by Gasteiger charge is -2.47. The number of amides is 2. The molecule has 0 aromatic rings. The van der Waals surface area contributed by atoms with E-state index in [0.29, 0.717) is 25.9 Å².